The van der Waals surface area contributed by atoms with E-state index in [1.807, 2.05) is 0 Å². The third kappa shape index (κ3) is 4.09. The zero-order valence-corrected chi connectivity index (χ0v) is 10.5. The van der Waals surface area contributed by atoms with Gasteiger partial charge in [-0.25, -0.2) is 8.42 Å². The molecule has 1 fully saturated rings. The minimum atomic E-state index is -2.92. The number of amides is 1. The molecule has 1 unspecified atom stereocenters. The molecule has 5 nitrogen and oxygen atoms in total. The predicted molar refractivity (Wildman–Crippen MR) is 60.7 cm³/mol. The van der Waals surface area contributed by atoms with Crippen LogP contribution in [-0.4, -0.2) is 43.1 Å². The molecule has 1 rings (SSSR count). The second-order valence-corrected chi connectivity index (χ2v) is 7.29. The van der Waals surface area contributed by atoms with E-state index >= 15 is 0 Å². The maximum Gasteiger partial charge on any atom is 0.220 e. The lowest BCUT2D eigenvalue weighted by Crippen LogP contribution is -2.46. The molecule has 1 amide bonds. The fourth-order valence-corrected chi connectivity index (χ4v) is 3.63. The van der Waals surface area contributed by atoms with Crippen molar-refractivity contribution in [3.63, 3.8) is 0 Å². The molecule has 6 heteroatoms. The first kappa shape index (κ1) is 13.4. The molecule has 0 bridgehead atoms. The van der Waals surface area contributed by atoms with E-state index in [0.29, 0.717) is 6.42 Å². The summed E-state index contributed by atoms with van der Waals surface area (Å²) >= 11 is 0. The van der Waals surface area contributed by atoms with Crippen LogP contribution < -0.4 is 5.32 Å². The van der Waals surface area contributed by atoms with Crippen molar-refractivity contribution in [3.8, 4) is 0 Å². The van der Waals surface area contributed by atoms with Gasteiger partial charge in [-0.2, -0.15) is 0 Å². The molecule has 0 aromatic carbocycles. The molecule has 2 N–H and O–H groups in total. The number of aliphatic hydroxyl groups excluding tert-OH is 1. The Morgan fingerprint density at radius 2 is 2.12 bits per heavy atom. The van der Waals surface area contributed by atoms with Gasteiger partial charge >= 0.3 is 0 Å². The molecule has 1 heterocycles. The van der Waals surface area contributed by atoms with Crippen LogP contribution in [0, 0.1) is 5.92 Å². The van der Waals surface area contributed by atoms with Crippen molar-refractivity contribution in [2.75, 3.05) is 18.1 Å². The Morgan fingerprint density at radius 3 is 2.56 bits per heavy atom. The number of hydrogen-bond acceptors (Lipinski definition) is 4. The van der Waals surface area contributed by atoms with E-state index in [1.165, 1.54) is 0 Å². The van der Waals surface area contributed by atoms with Gasteiger partial charge < -0.3 is 10.4 Å². The van der Waals surface area contributed by atoms with E-state index in [0.717, 1.165) is 0 Å². The van der Waals surface area contributed by atoms with E-state index in [1.54, 1.807) is 13.8 Å². The molecule has 0 spiro atoms. The zero-order chi connectivity index (χ0) is 12.4. The topological polar surface area (TPSA) is 83.5 Å². The molecule has 1 atom stereocenters. The zero-order valence-electron chi connectivity index (χ0n) is 9.69. The summed E-state index contributed by atoms with van der Waals surface area (Å²) in [7, 11) is -2.92. The van der Waals surface area contributed by atoms with Gasteiger partial charge in [-0.05, 0) is 26.2 Å². The monoisotopic (exact) mass is 249 g/mol. The minimum absolute atomic E-state index is 0.0699. The molecule has 1 saturated heterocycles. The smallest absolute Gasteiger partial charge is 0.220 e. The molecule has 94 valence electrons. The SMILES string of the molecule is CC(C)(CO)NC(=O)CC1CCS(=O)(=O)C1. The average molecular weight is 249 g/mol. The first-order valence-electron chi connectivity index (χ1n) is 5.36. The third-order valence-electron chi connectivity index (χ3n) is 2.67. The Labute approximate surface area is 96.1 Å². The lowest BCUT2D eigenvalue weighted by atomic mass is 10.0. The number of rotatable bonds is 4. The molecule has 1 aliphatic heterocycles. The van der Waals surface area contributed by atoms with Crippen LogP contribution in [0.2, 0.25) is 0 Å². The summed E-state index contributed by atoms with van der Waals surface area (Å²) in [6.07, 6.45) is 0.790. The molecular weight excluding hydrogens is 230 g/mol. The van der Waals surface area contributed by atoms with Crippen molar-refractivity contribution in [1.82, 2.24) is 5.32 Å². The molecule has 16 heavy (non-hydrogen) atoms. The van der Waals surface area contributed by atoms with Crippen molar-refractivity contribution in [1.29, 1.82) is 0 Å². The normalized spacial score (nSPS) is 24.3. The largest absolute Gasteiger partial charge is 0.394 e. The van der Waals surface area contributed by atoms with Crippen LogP contribution >= 0.6 is 0 Å². The Morgan fingerprint density at radius 1 is 1.50 bits per heavy atom. The van der Waals surface area contributed by atoms with Gasteiger partial charge in [-0.15, -0.1) is 0 Å². The van der Waals surface area contributed by atoms with Crippen LogP contribution in [-0.2, 0) is 14.6 Å². The first-order chi connectivity index (χ1) is 7.24. The Hall–Kier alpha value is -0.620. The third-order valence-corrected chi connectivity index (χ3v) is 4.51. The van der Waals surface area contributed by atoms with Crippen LogP contribution in [0.5, 0.6) is 0 Å². The van der Waals surface area contributed by atoms with Gasteiger partial charge in [0.05, 0.1) is 23.7 Å². The van der Waals surface area contributed by atoms with Gasteiger partial charge in [-0.1, -0.05) is 0 Å². The Balaban J connectivity index is 2.42. The maximum absolute atomic E-state index is 11.6. The van der Waals surface area contributed by atoms with Crippen LogP contribution in [0.4, 0.5) is 0 Å². The highest BCUT2D eigenvalue weighted by Gasteiger charge is 2.30. The summed E-state index contributed by atoms with van der Waals surface area (Å²) in [4.78, 5) is 11.6. The number of nitrogens with one attached hydrogen (secondary N) is 1. The summed E-state index contributed by atoms with van der Waals surface area (Å²) in [5, 5.41) is 11.7. The van der Waals surface area contributed by atoms with Crippen molar-refractivity contribution in [2.45, 2.75) is 32.2 Å². The average Bonchev–Trinajstić information content (AvgIpc) is 2.44. The number of carbonyl (C=O) groups excluding carboxylic acids is 1. The highest BCUT2D eigenvalue weighted by atomic mass is 32.2. The summed E-state index contributed by atoms with van der Waals surface area (Å²) < 4.78 is 22.4. The van der Waals surface area contributed by atoms with Gasteiger partial charge in [0.15, 0.2) is 9.84 Å². The summed E-state index contributed by atoms with van der Waals surface area (Å²) in [5.41, 5.74) is -0.644. The van der Waals surface area contributed by atoms with Crippen LogP contribution in [0.15, 0.2) is 0 Å². The second kappa shape index (κ2) is 4.71. The highest BCUT2D eigenvalue weighted by Crippen LogP contribution is 2.21. The maximum atomic E-state index is 11.6. The van der Waals surface area contributed by atoms with Gasteiger partial charge in [0, 0.05) is 6.42 Å². The predicted octanol–water partition coefficient (Wildman–Crippen LogP) is -0.302. The molecule has 0 radical (unpaired) electrons. The van der Waals surface area contributed by atoms with E-state index < -0.39 is 15.4 Å². The fraction of sp³-hybridized carbons (Fsp3) is 0.900. The van der Waals surface area contributed by atoms with Crippen molar-refractivity contribution >= 4 is 15.7 Å². The molecule has 0 aromatic rings. The Kier molecular flexibility index (Phi) is 3.96. The number of sulfone groups is 1. The van der Waals surface area contributed by atoms with Crippen LogP contribution in [0.1, 0.15) is 26.7 Å². The molecule has 0 aromatic heterocycles. The quantitative estimate of drug-likeness (QED) is 0.716. The lowest BCUT2D eigenvalue weighted by Gasteiger charge is -2.24. The van der Waals surface area contributed by atoms with E-state index in [2.05, 4.69) is 5.32 Å². The van der Waals surface area contributed by atoms with Gasteiger partial charge in [-0.3, -0.25) is 4.79 Å². The van der Waals surface area contributed by atoms with Crippen molar-refractivity contribution < 1.29 is 18.3 Å². The van der Waals surface area contributed by atoms with Gasteiger partial charge in [0.2, 0.25) is 5.91 Å². The summed E-state index contributed by atoms with van der Waals surface area (Å²) in [6.45, 7) is 3.30. The van der Waals surface area contributed by atoms with E-state index in [4.69, 9.17) is 5.11 Å². The van der Waals surface area contributed by atoms with Gasteiger partial charge in [0.1, 0.15) is 0 Å². The fourth-order valence-electron chi connectivity index (χ4n) is 1.76. The van der Waals surface area contributed by atoms with Crippen molar-refractivity contribution in [2.24, 2.45) is 5.92 Å². The summed E-state index contributed by atoms with van der Waals surface area (Å²) in [5.74, 6) is 0.0366. The van der Waals surface area contributed by atoms with Crippen molar-refractivity contribution in [3.05, 3.63) is 0 Å². The molecule has 1 aliphatic rings. The Bertz CT molecular complexity index is 361. The highest BCUT2D eigenvalue weighted by molar-refractivity contribution is 7.91. The van der Waals surface area contributed by atoms with Crippen LogP contribution in [0.25, 0.3) is 0 Å². The number of hydrogen-bond donors (Lipinski definition) is 2. The molecular formula is C10H19NO4S. The van der Waals surface area contributed by atoms with Gasteiger partial charge in [0.25, 0.3) is 0 Å². The summed E-state index contributed by atoms with van der Waals surface area (Å²) in [6, 6.07) is 0. The number of aliphatic hydroxyl groups is 1. The minimum Gasteiger partial charge on any atom is -0.394 e. The first-order valence-corrected chi connectivity index (χ1v) is 7.18. The standard InChI is InChI=1S/C10H19NO4S/c1-10(2,7-12)11-9(13)5-8-3-4-16(14,15)6-8/h8,12H,3-7H2,1-2H3,(H,11,13). The van der Waals surface area contributed by atoms with Crippen LogP contribution in [0.3, 0.4) is 0 Å². The van der Waals surface area contributed by atoms with E-state index in [-0.39, 0.29) is 36.4 Å². The molecule has 0 aliphatic carbocycles. The number of carbonyl (C=O) groups is 1. The second-order valence-electron chi connectivity index (χ2n) is 5.06. The molecule has 0 saturated carbocycles. The lowest BCUT2D eigenvalue weighted by molar-refractivity contribution is -0.123. The van der Waals surface area contributed by atoms with E-state index in [9.17, 15) is 13.2 Å².